The lowest BCUT2D eigenvalue weighted by Gasteiger charge is -2.50. The van der Waals surface area contributed by atoms with Crippen LogP contribution in [0.2, 0.25) is 10.0 Å². The van der Waals surface area contributed by atoms with Gasteiger partial charge in [-0.1, -0.05) is 99.8 Å². The molecule has 1 fully saturated rings. The van der Waals surface area contributed by atoms with E-state index < -0.39 is 34.2 Å². The Hall–Kier alpha value is -2.76. The van der Waals surface area contributed by atoms with Gasteiger partial charge in [-0.2, -0.15) is 0 Å². The number of hydrogen-bond donors (Lipinski definition) is 1. The van der Waals surface area contributed by atoms with Crippen LogP contribution in [0.1, 0.15) is 17.2 Å². The highest BCUT2D eigenvalue weighted by atomic mass is 79.9. The molecule has 3 aromatic carbocycles. The number of nitrogens with one attached hydrogen (secondary N) is 1. The summed E-state index contributed by atoms with van der Waals surface area (Å²) < 4.78 is 6.06. The smallest absolute Gasteiger partial charge is 0.356 e. The van der Waals surface area contributed by atoms with Crippen LogP contribution in [0.5, 0.6) is 0 Å². The molecule has 0 aliphatic carbocycles. The van der Waals surface area contributed by atoms with E-state index in [4.69, 9.17) is 27.9 Å². The molecular weight excluding hydrogens is 683 g/mol. The number of carbonyl (C=O) groups is 4. The topological polar surface area (TPSA) is 92.8 Å². The van der Waals surface area contributed by atoms with Gasteiger partial charge < -0.3 is 14.8 Å². The molecule has 216 valence electrons. The number of amides is 2. The molecule has 2 aliphatic heterocycles. The van der Waals surface area contributed by atoms with Crippen LogP contribution in [-0.4, -0.2) is 56.7 Å². The summed E-state index contributed by atoms with van der Waals surface area (Å²) >= 11 is 18.0. The molecule has 0 aromatic heterocycles. The summed E-state index contributed by atoms with van der Waals surface area (Å²) in [6.45, 7) is 0. The highest BCUT2D eigenvalue weighted by Gasteiger charge is 2.55. The molecule has 7 nitrogen and oxygen atoms in total. The minimum absolute atomic E-state index is 0.0188. The third kappa shape index (κ3) is 6.58. The Labute approximate surface area is 269 Å². The maximum atomic E-state index is 13.8. The van der Waals surface area contributed by atoms with Crippen molar-refractivity contribution in [1.29, 1.82) is 0 Å². The number of ether oxygens (including phenoxy) is 1. The second-order valence-corrected chi connectivity index (χ2v) is 13.3. The second kappa shape index (κ2) is 13.7. The van der Waals surface area contributed by atoms with E-state index in [9.17, 15) is 19.2 Å². The van der Waals surface area contributed by atoms with E-state index in [1.807, 2.05) is 60.7 Å². The molecule has 2 amide bonds. The third-order valence-electron chi connectivity index (χ3n) is 6.65. The molecule has 2 heterocycles. The van der Waals surface area contributed by atoms with Crippen molar-refractivity contribution in [2.45, 2.75) is 27.2 Å². The molecule has 3 unspecified atom stereocenters. The number of rotatable bonds is 10. The van der Waals surface area contributed by atoms with E-state index in [1.54, 1.807) is 18.2 Å². The number of hydrogen-bond acceptors (Lipinski definition) is 7. The number of halogens is 3. The highest BCUT2D eigenvalue weighted by molar-refractivity contribution is 9.10. The molecule has 3 atom stereocenters. The maximum Gasteiger partial charge on any atom is 0.356 e. The Bertz CT molecular complexity index is 1500. The molecule has 12 heteroatoms. The van der Waals surface area contributed by atoms with E-state index >= 15 is 0 Å². The fourth-order valence-corrected chi connectivity index (χ4v) is 7.71. The lowest BCUT2D eigenvalue weighted by Crippen LogP contribution is -2.71. The zero-order valence-corrected chi connectivity index (χ0v) is 26.5. The zero-order valence-electron chi connectivity index (χ0n) is 21.7. The van der Waals surface area contributed by atoms with Crippen LogP contribution in [0, 0.1) is 0 Å². The summed E-state index contributed by atoms with van der Waals surface area (Å²) in [5, 5.41) is 3.06. The van der Waals surface area contributed by atoms with Crippen molar-refractivity contribution in [3.8, 4) is 0 Å². The van der Waals surface area contributed by atoms with Gasteiger partial charge in [-0.05, 0) is 34.9 Å². The predicted molar refractivity (Wildman–Crippen MR) is 169 cm³/mol. The normalized spacial score (nSPS) is 18.7. The number of thioether (sulfide) groups is 2. The number of fused-ring (bicyclic) bond motifs is 1. The summed E-state index contributed by atoms with van der Waals surface area (Å²) in [7, 11) is 0. The Balaban J connectivity index is 1.34. The van der Waals surface area contributed by atoms with Crippen molar-refractivity contribution in [3.05, 3.63) is 111 Å². The molecule has 5 rings (SSSR count). The maximum absolute atomic E-state index is 13.8. The molecule has 0 radical (unpaired) electrons. The fraction of sp³-hybridized carbons (Fsp3) is 0.200. The summed E-state index contributed by atoms with van der Waals surface area (Å²) in [5.74, 6) is -1.18. The second-order valence-electron chi connectivity index (χ2n) is 9.34. The molecule has 1 saturated heterocycles. The minimum Gasteiger partial charge on any atom is -0.448 e. The lowest BCUT2D eigenvalue weighted by molar-refractivity contribution is -0.154. The van der Waals surface area contributed by atoms with Crippen molar-refractivity contribution in [3.63, 3.8) is 0 Å². The van der Waals surface area contributed by atoms with Gasteiger partial charge in [0, 0.05) is 10.6 Å². The largest absolute Gasteiger partial charge is 0.448 e. The highest BCUT2D eigenvalue weighted by Crippen LogP contribution is 2.43. The van der Waals surface area contributed by atoms with Crippen LogP contribution in [0.4, 0.5) is 0 Å². The van der Waals surface area contributed by atoms with E-state index in [2.05, 4.69) is 21.2 Å². The Morgan fingerprint density at radius 3 is 2.29 bits per heavy atom. The predicted octanol–water partition coefficient (Wildman–Crippen LogP) is 6.03. The summed E-state index contributed by atoms with van der Waals surface area (Å²) in [5.41, 5.74) is 1.97. The molecule has 0 bridgehead atoms. The van der Waals surface area contributed by atoms with Gasteiger partial charge in [0.05, 0.1) is 20.6 Å². The van der Waals surface area contributed by atoms with Crippen LogP contribution in [0.15, 0.2) is 95.0 Å². The molecule has 42 heavy (non-hydrogen) atoms. The number of β-lactam (4-membered cyclic amide) rings is 1. The quantitative estimate of drug-likeness (QED) is 0.0905. The summed E-state index contributed by atoms with van der Waals surface area (Å²) in [6.07, 6.45) is -0.0731. The molecule has 0 spiro atoms. The van der Waals surface area contributed by atoms with E-state index in [0.717, 1.165) is 16.0 Å². The van der Waals surface area contributed by atoms with Crippen LogP contribution < -0.4 is 5.32 Å². The van der Waals surface area contributed by atoms with E-state index in [1.165, 1.54) is 28.4 Å². The molecule has 1 N–H and O–H groups in total. The first kappa shape index (κ1) is 30.7. The first-order chi connectivity index (χ1) is 20.3. The Morgan fingerprint density at radius 1 is 1.05 bits per heavy atom. The number of carbonyl (C=O) groups excluding carboxylic acids is 4. The minimum atomic E-state index is -0.828. The van der Waals surface area contributed by atoms with Crippen molar-refractivity contribution in [2.24, 2.45) is 0 Å². The first-order valence-corrected chi connectivity index (χ1v) is 16.4. The van der Waals surface area contributed by atoms with Crippen molar-refractivity contribution in [2.75, 3.05) is 11.5 Å². The zero-order chi connectivity index (χ0) is 29.8. The number of esters is 1. The van der Waals surface area contributed by atoms with E-state index in [-0.39, 0.29) is 17.4 Å². The van der Waals surface area contributed by atoms with Crippen LogP contribution >= 0.6 is 62.7 Å². The number of alkyl halides is 1. The molecule has 3 aromatic rings. The van der Waals surface area contributed by atoms with Gasteiger partial charge in [0.2, 0.25) is 5.91 Å². The van der Waals surface area contributed by atoms with Crippen LogP contribution in [0.25, 0.3) is 0 Å². The van der Waals surface area contributed by atoms with Crippen molar-refractivity contribution < 1.29 is 23.9 Å². The SMILES string of the molecule is O=CC(Br)C1=C(C(=O)OC(c2ccccc2)c2ccccc2)N2C(=O)C(NC(=O)CSc3ccc(Cl)c(Cl)c3)C2SC1. The number of nitrogens with zero attached hydrogens (tertiary/aromatic N) is 1. The molecule has 2 aliphatic rings. The van der Waals surface area contributed by atoms with E-state index in [0.29, 0.717) is 27.7 Å². The standard InChI is InChI=1S/C30H23BrCl2N2O5S2/c31-21(14-36)20-15-42-29-25(34-24(37)16-41-19-11-12-22(32)23(33)13-19)28(38)35(29)26(20)30(39)40-27(17-7-3-1-4-8-17)18-9-5-2-6-10-18/h1-14,21,25,27,29H,15-16H2,(H,34,37). The molecule has 0 saturated carbocycles. The van der Waals surface area contributed by atoms with Gasteiger partial charge in [-0.25, -0.2) is 4.79 Å². The number of benzene rings is 3. The Kier molecular flexibility index (Phi) is 10.0. The van der Waals surface area contributed by atoms with Crippen LogP contribution in [-0.2, 0) is 23.9 Å². The van der Waals surface area contributed by atoms with Crippen LogP contribution in [0.3, 0.4) is 0 Å². The fourth-order valence-electron chi connectivity index (χ4n) is 4.60. The van der Waals surface area contributed by atoms with Crippen molar-refractivity contribution >= 4 is 86.7 Å². The van der Waals surface area contributed by atoms with Crippen molar-refractivity contribution in [1.82, 2.24) is 10.2 Å². The molecular formula is C30H23BrCl2N2O5S2. The average Bonchev–Trinajstić information content (AvgIpc) is 3.02. The number of aldehydes is 1. The van der Waals surface area contributed by atoms with Gasteiger partial charge >= 0.3 is 5.97 Å². The van der Waals surface area contributed by atoms with Gasteiger partial charge in [0.15, 0.2) is 6.10 Å². The van der Waals surface area contributed by atoms with Gasteiger partial charge in [-0.3, -0.25) is 14.5 Å². The van der Waals surface area contributed by atoms with Gasteiger partial charge in [-0.15, -0.1) is 23.5 Å². The third-order valence-corrected chi connectivity index (χ3v) is 10.5. The summed E-state index contributed by atoms with van der Waals surface area (Å²) in [6, 6.07) is 22.8. The Morgan fingerprint density at radius 2 is 1.69 bits per heavy atom. The van der Waals surface area contributed by atoms with Gasteiger partial charge in [0.1, 0.15) is 23.4 Å². The summed E-state index contributed by atoms with van der Waals surface area (Å²) in [4.78, 5) is 53.0. The monoisotopic (exact) mass is 704 g/mol. The first-order valence-electron chi connectivity index (χ1n) is 12.7. The lowest BCUT2D eigenvalue weighted by atomic mass is 10.00. The van der Waals surface area contributed by atoms with Gasteiger partial charge in [0.25, 0.3) is 5.91 Å². The average molecular weight is 706 g/mol.